The fourth-order valence-corrected chi connectivity index (χ4v) is 4.46. The second-order valence-corrected chi connectivity index (χ2v) is 9.67. The predicted octanol–water partition coefficient (Wildman–Crippen LogP) is 4.66. The zero-order valence-electron chi connectivity index (χ0n) is 20.8. The summed E-state index contributed by atoms with van der Waals surface area (Å²) in [5.74, 6) is -1.59. The average Bonchev–Trinajstić information content (AvgIpc) is 3.53. The number of hydrogen-bond donors (Lipinski definition) is 3. The maximum Gasteiger partial charge on any atom is 0.408 e. The molecule has 2 amide bonds. The molecule has 1 aliphatic rings. The number of carbonyl (C=O) groups is 3. The second kappa shape index (κ2) is 11.0. The number of ether oxygens (including phenoxy) is 1. The third-order valence-corrected chi connectivity index (χ3v) is 6.98. The number of halogens is 1. The zero-order valence-corrected chi connectivity index (χ0v) is 21.5. The highest BCUT2D eigenvalue weighted by molar-refractivity contribution is 6.31. The van der Waals surface area contributed by atoms with Gasteiger partial charge < -0.3 is 20.5 Å². The summed E-state index contributed by atoms with van der Waals surface area (Å²) in [6, 6.07) is 14.1. The van der Waals surface area contributed by atoms with Crippen molar-refractivity contribution >= 4 is 29.6 Å². The van der Waals surface area contributed by atoms with E-state index in [1.807, 2.05) is 31.3 Å². The van der Waals surface area contributed by atoms with Crippen LogP contribution < -0.4 is 10.6 Å². The lowest BCUT2D eigenvalue weighted by Gasteiger charge is -2.15. The van der Waals surface area contributed by atoms with E-state index in [4.69, 9.17) is 21.4 Å². The van der Waals surface area contributed by atoms with Crippen LogP contribution in [0.2, 0.25) is 5.02 Å². The first-order valence-corrected chi connectivity index (χ1v) is 12.4. The molecule has 0 aliphatic heterocycles. The molecule has 9 nitrogen and oxygen atoms in total. The SMILES string of the molecule is Cc1nn(-c2ccc(C(=O)NC3CC3C(C)C(=O)O)cc2)cc1CNC(=O)OC(C)c1ccccc1Cl. The number of nitrogens with one attached hydrogen (secondary N) is 2. The Bertz CT molecular complexity index is 1310. The number of benzene rings is 2. The molecule has 3 N–H and O–H groups in total. The van der Waals surface area contributed by atoms with Crippen LogP contribution in [-0.2, 0) is 16.1 Å². The molecule has 1 heterocycles. The smallest absolute Gasteiger partial charge is 0.408 e. The summed E-state index contributed by atoms with van der Waals surface area (Å²) in [5, 5.41) is 19.8. The van der Waals surface area contributed by atoms with Gasteiger partial charge in [0.05, 0.1) is 17.3 Å². The third kappa shape index (κ3) is 6.29. The van der Waals surface area contributed by atoms with Crippen LogP contribution in [0.3, 0.4) is 0 Å². The van der Waals surface area contributed by atoms with Crippen molar-refractivity contribution < 1.29 is 24.2 Å². The van der Waals surface area contributed by atoms with E-state index in [1.165, 1.54) is 0 Å². The number of amides is 2. The normalized spacial score (nSPS) is 17.9. The molecule has 10 heteroatoms. The molecule has 4 atom stereocenters. The fraction of sp³-hybridized carbons (Fsp3) is 0.333. The Balaban J connectivity index is 1.31. The van der Waals surface area contributed by atoms with Crippen LogP contribution in [0.4, 0.5) is 4.79 Å². The van der Waals surface area contributed by atoms with Crippen molar-refractivity contribution in [2.24, 2.45) is 11.8 Å². The van der Waals surface area contributed by atoms with Crippen molar-refractivity contribution in [1.82, 2.24) is 20.4 Å². The van der Waals surface area contributed by atoms with Gasteiger partial charge in [0.15, 0.2) is 0 Å². The quantitative estimate of drug-likeness (QED) is 0.374. The number of alkyl carbamates (subject to hydrolysis) is 1. The lowest BCUT2D eigenvalue weighted by Crippen LogP contribution is -2.28. The number of carboxylic acids is 1. The second-order valence-electron chi connectivity index (χ2n) is 9.26. The van der Waals surface area contributed by atoms with E-state index in [9.17, 15) is 14.4 Å². The number of hydrogen-bond acceptors (Lipinski definition) is 5. The van der Waals surface area contributed by atoms with E-state index in [1.54, 1.807) is 48.9 Å². The van der Waals surface area contributed by atoms with E-state index in [0.29, 0.717) is 17.0 Å². The number of nitrogens with zero attached hydrogens (tertiary/aromatic N) is 2. The van der Waals surface area contributed by atoms with Gasteiger partial charge in [-0.1, -0.05) is 36.7 Å². The summed E-state index contributed by atoms with van der Waals surface area (Å²) in [7, 11) is 0. The first kappa shape index (κ1) is 26.2. The lowest BCUT2D eigenvalue weighted by molar-refractivity contribution is -0.141. The van der Waals surface area contributed by atoms with Gasteiger partial charge in [-0.05, 0) is 56.5 Å². The molecule has 1 aliphatic carbocycles. The summed E-state index contributed by atoms with van der Waals surface area (Å²) < 4.78 is 7.12. The summed E-state index contributed by atoms with van der Waals surface area (Å²) in [5.41, 5.74) is 3.53. The minimum Gasteiger partial charge on any atom is -0.481 e. The molecule has 2 aromatic carbocycles. The Kier molecular flexibility index (Phi) is 7.83. The number of aliphatic carboxylic acids is 1. The Hall–Kier alpha value is -3.85. The molecule has 0 bridgehead atoms. The van der Waals surface area contributed by atoms with E-state index in [-0.39, 0.29) is 24.4 Å². The van der Waals surface area contributed by atoms with Crippen LogP contribution in [0, 0.1) is 18.8 Å². The van der Waals surface area contributed by atoms with Crippen LogP contribution in [0.25, 0.3) is 5.69 Å². The van der Waals surface area contributed by atoms with Gasteiger partial charge in [0, 0.05) is 40.5 Å². The summed E-state index contributed by atoms with van der Waals surface area (Å²) in [6.07, 6.45) is 1.42. The molecule has 4 rings (SSSR count). The molecule has 194 valence electrons. The van der Waals surface area contributed by atoms with Crippen LogP contribution in [0.1, 0.15) is 53.6 Å². The minimum absolute atomic E-state index is 0.0311. The number of aromatic nitrogens is 2. The monoisotopic (exact) mass is 524 g/mol. The van der Waals surface area contributed by atoms with Crippen LogP contribution >= 0.6 is 11.6 Å². The van der Waals surface area contributed by atoms with Crippen LogP contribution in [-0.4, -0.2) is 38.9 Å². The van der Waals surface area contributed by atoms with Crippen LogP contribution in [0.15, 0.2) is 54.7 Å². The van der Waals surface area contributed by atoms with Crippen molar-refractivity contribution in [3.05, 3.63) is 82.1 Å². The van der Waals surface area contributed by atoms with Gasteiger partial charge in [-0.25, -0.2) is 9.48 Å². The Morgan fingerprint density at radius 1 is 1.16 bits per heavy atom. The molecular formula is C27H29ClN4O5. The van der Waals surface area contributed by atoms with E-state index in [0.717, 1.165) is 22.5 Å². The topological polar surface area (TPSA) is 123 Å². The minimum atomic E-state index is -0.848. The van der Waals surface area contributed by atoms with Crippen molar-refractivity contribution in [3.8, 4) is 5.69 Å². The lowest BCUT2D eigenvalue weighted by atomic mass is 10.1. The Labute approximate surface area is 219 Å². The highest BCUT2D eigenvalue weighted by Crippen LogP contribution is 2.37. The molecule has 1 aromatic heterocycles. The van der Waals surface area contributed by atoms with Gasteiger partial charge in [-0.3, -0.25) is 9.59 Å². The fourth-order valence-electron chi connectivity index (χ4n) is 4.17. The first-order chi connectivity index (χ1) is 17.6. The number of carbonyl (C=O) groups excluding carboxylic acids is 2. The Morgan fingerprint density at radius 2 is 1.86 bits per heavy atom. The summed E-state index contributed by atoms with van der Waals surface area (Å²) >= 11 is 6.17. The predicted molar refractivity (Wildman–Crippen MR) is 138 cm³/mol. The Morgan fingerprint density at radius 3 is 2.54 bits per heavy atom. The van der Waals surface area contributed by atoms with Gasteiger partial charge in [-0.15, -0.1) is 0 Å². The number of carboxylic acid groups (broad SMARTS) is 1. The van der Waals surface area contributed by atoms with Gasteiger partial charge in [0.2, 0.25) is 0 Å². The van der Waals surface area contributed by atoms with Crippen molar-refractivity contribution in [3.63, 3.8) is 0 Å². The first-order valence-electron chi connectivity index (χ1n) is 12.0. The molecule has 0 saturated heterocycles. The highest BCUT2D eigenvalue weighted by atomic mass is 35.5. The maximum absolute atomic E-state index is 12.5. The molecule has 4 unspecified atom stereocenters. The molecule has 1 fully saturated rings. The highest BCUT2D eigenvalue weighted by Gasteiger charge is 2.44. The maximum atomic E-state index is 12.5. The molecule has 0 spiro atoms. The molecule has 37 heavy (non-hydrogen) atoms. The van der Waals surface area contributed by atoms with Gasteiger partial charge in [-0.2, -0.15) is 5.10 Å². The van der Waals surface area contributed by atoms with Crippen molar-refractivity contribution in [2.75, 3.05) is 0 Å². The van der Waals surface area contributed by atoms with Crippen LogP contribution in [0.5, 0.6) is 0 Å². The molecule has 3 aromatic rings. The zero-order chi connectivity index (χ0) is 26.7. The van der Waals surface area contributed by atoms with E-state index < -0.39 is 24.1 Å². The number of rotatable bonds is 9. The van der Waals surface area contributed by atoms with Gasteiger partial charge >= 0.3 is 12.1 Å². The summed E-state index contributed by atoms with van der Waals surface area (Å²) in [6.45, 7) is 5.50. The van der Waals surface area contributed by atoms with Crippen molar-refractivity contribution in [1.29, 1.82) is 0 Å². The van der Waals surface area contributed by atoms with Gasteiger partial charge in [0.1, 0.15) is 6.10 Å². The third-order valence-electron chi connectivity index (χ3n) is 6.63. The van der Waals surface area contributed by atoms with E-state index in [2.05, 4.69) is 15.7 Å². The molecule has 0 radical (unpaired) electrons. The number of aryl methyl sites for hydroxylation is 1. The molecular weight excluding hydrogens is 496 g/mol. The standard InChI is InChI=1S/C27H29ClN4O5/c1-15(26(34)35)22-12-24(22)30-25(33)18-8-10-20(11-9-18)32-14-19(16(2)31-32)13-29-27(36)37-17(3)21-6-4-5-7-23(21)28/h4-11,14-15,17,22,24H,12-13H2,1-3H3,(H,29,36)(H,30,33)(H,34,35). The largest absolute Gasteiger partial charge is 0.481 e. The van der Waals surface area contributed by atoms with Crippen molar-refractivity contribution in [2.45, 2.75) is 45.9 Å². The summed E-state index contributed by atoms with van der Waals surface area (Å²) in [4.78, 5) is 35.9. The van der Waals surface area contributed by atoms with Gasteiger partial charge in [0.25, 0.3) is 5.91 Å². The molecule has 1 saturated carbocycles. The average molecular weight is 525 g/mol. The van der Waals surface area contributed by atoms with E-state index >= 15 is 0 Å².